The van der Waals surface area contributed by atoms with Crippen LogP contribution in [0.1, 0.15) is 0 Å². The molecule has 126 valence electrons. The van der Waals surface area contributed by atoms with E-state index < -0.39 is 5.82 Å². The molecule has 2 heterocycles. The van der Waals surface area contributed by atoms with E-state index in [1.165, 1.54) is 18.2 Å². The number of para-hydroxylation sites is 1. The second-order valence-corrected chi connectivity index (χ2v) is 5.87. The Morgan fingerprint density at radius 3 is 2.58 bits per heavy atom. The number of benzene rings is 3. The van der Waals surface area contributed by atoms with Gasteiger partial charge in [-0.15, -0.1) is 0 Å². The lowest BCUT2D eigenvalue weighted by molar-refractivity contribution is 0.479. The van der Waals surface area contributed by atoms with Crippen LogP contribution in [0.3, 0.4) is 0 Å². The first-order valence-corrected chi connectivity index (χ1v) is 7.86. The van der Waals surface area contributed by atoms with Gasteiger partial charge in [0.15, 0.2) is 16.7 Å². The number of rotatable bonds is 1. The lowest BCUT2D eigenvalue weighted by atomic mass is 10.1. The first-order chi connectivity index (χ1) is 12.6. The minimum absolute atomic E-state index is 0.0181. The molecule has 0 atom stereocenters. The van der Waals surface area contributed by atoms with Gasteiger partial charge in [-0.05, 0) is 24.3 Å². The monoisotopic (exact) mass is 347 g/mol. The van der Waals surface area contributed by atoms with Gasteiger partial charge >= 0.3 is 0 Å². The third-order valence-electron chi connectivity index (χ3n) is 4.29. The predicted octanol–water partition coefficient (Wildman–Crippen LogP) is 4.60. The van der Waals surface area contributed by atoms with Gasteiger partial charge in [0, 0.05) is 6.07 Å². The van der Waals surface area contributed by atoms with E-state index in [2.05, 4.69) is 4.98 Å². The number of nitrogens with zero attached hydrogens (tertiary/aromatic N) is 1. The molecule has 0 radical (unpaired) electrons. The fraction of sp³-hybridized carbons (Fsp3) is 0. The summed E-state index contributed by atoms with van der Waals surface area (Å²) in [6.45, 7) is 0. The van der Waals surface area contributed by atoms with Gasteiger partial charge < -0.3 is 13.9 Å². The molecule has 3 aromatic carbocycles. The van der Waals surface area contributed by atoms with Crippen molar-refractivity contribution in [3.05, 3.63) is 70.6 Å². The van der Waals surface area contributed by atoms with E-state index in [0.717, 1.165) is 0 Å². The third kappa shape index (κ3) is 1.96. The molecule has 5 aromatic rings. The van der Waals surface area contributed by atoms with Crippen LogP contribution < -0.4 is 5.43 Å². The lowest BCUT2D eigenvalue weighted by Crippen LogP contribution is -2.02. The van der Waals surface area contributed by atoms with Gasteiger partial charge in [-0.2, -0.15) is 0 Å². The quantitative estimate of drug-likeness (QED) is 0.449. The van der Waals surface area contributed by atoms with Crippen LogP contribution >= 0.6 is 0 Å². The summed E-state index contributed by atoms with van der Waals surface area (Å²) in [4.78, 5) is 17.1. The number of halogens is 1. The van der Waals surface area contributed by atoms with Crippen molar-refractivity contribution in [1.82, 2.24) is 4.98 Å². The Kier molecular flexibility index (Phi) is 2.91. The van der Waals surface area contributed by atoms with Gasteiger partial charge in [-0.3, -0.25) is 4.79 Å². The number of phenolic OH excluding ortho intramolecular Hbond substituents is 1. The maximum Gasteiger partial charge on any atom is 0.230 e. The van der Waals surface area contributed by atoms with E-state index in [4.69, 9.17) is 8.83 Å². The first kappa shape index (κ1) is 14.7. The zero-order valence-corrected chi connectivity index (χ0v) is 13.2. The highest BCUT2D eigenvalue weighted by Crippen LogP contribution is 2.35. The predicted molar refractivity (Wildman–Crippen MR) is 94.6 cm³/mol. The van der Waals surface area contributed by atoms with Crippen LogP contribution in [-0.4, -0.2) is 10.1 Å². The molecule has 2 aromatic heterocycles. The summed E-state index contributed by atoms with van der Waals surface area (Å²) in [7, 11) is 0. The molecule has 0 amide bonds. The largest absolute Gasteiger partial charge is 0.507 e. The Bertz CT molecular complexity index is 1380. The van der Waals surface area contributed by atoms with Crippen molar-refractivity contribution >= 4 is 33.0 Å². The Hall–Kier alpha value is -3.67. The zero-order chi connectivity index (χ0) is 17.8. The number of fused-ring (bicyclic) bond motifs is 4. The molecule has 5 rings (SSSR count). The molecule has 0 bridgehead atoms. The first-order valence-electron chi connectivity index (χ1n) is 7.86. The van der Waals surface area contributed by atoms with Crippen molar-refractivity contribution in [3.63, 3.8) is 0 Å². The van der Waals surface area contributed by atoms with E-state index in [0.29, 0.717) is 11.0 Å². The molecule has 0 fully saturated rings. The van der Waals surface area contributed by atoms with E-state index in [9.17, 15) is 14.3 Å². The SMILES string of the molecule is O=c1c2ccccc2oc2c1c(O)cc1oc(-c3ccccc3F)nc12. The van der Waals surface area contributed by atoms with Crippen LogP contribution in [0.4, 0.5) is 4.39 Å². The molecule has 26 heavy (non-hydrogen) atoms. The molecule has 5 nitrogen and oxygen atoms in total. The standard InChI is InChI=1S/C20H10FNO4/c21-12-7-3-1-5-10(12)20-22-17-15(26-20)9-13(23)16-18(24)11-6-2-4-8-14(11)25-19(16)17/h1-9,23H. The minimum atomic E-state index is -0.487. The summed E-state index contributed by atoms with van der Waals surface area (Å²) >= 11 is 0. The lowest BCUT2D eigenvalue weighted by Gasteiger charge is -2.03. The van der Waals surface area contributed by atoms with Crippen LogP contribution in [0, 0.1) is 5.82 Å². The summed E-state index contributed by atoms with van der Waals surface area (Å²) in [6, 6.07) is 14.1. The minimum Gasteiger partial charge on any atom is -0.507 e. The highest BCUT2D eigenvalue weighted by molar-refractivity contribution is 6.06. The van der Waals surface area contributed by atoms with Crippen molar-refractivity contribution in [2.75, 3.05) is 0 Å². The van der Waals surface area contributed by atoms with Crippen LogP contribution in [-0.2, 0) is 0 Å². The van der Waals surface area contributed by atoms with Crippen molar-refractivity contribution in [2.24, 2.45) is 0 Å². The highest BCUT2D eigenvalue weighted by Gasteiger charge is 2.20. The van der Waals surface area contributed by atoms with Crippen LogP contribution in [0.5, 0.6) is 5.75 Å². The van der Waals surface area contributed by atoms with E-state index in [1.807, 2.05) is 0 Å². The Balaban J connectivity index is 1.93. The smallest absolute Gasteiger partial charge is 0.230 e. The molecular formula is C20H10FNO4. The van der Waals surface area contributed by atoms with E-state index in [-0.39, 0.29) is 44.7 Å². The van der Waals surface area contributed by atoms with Crippen LogP contribution in [0.25, 0.3) is 44.5 Å². The molecule has 0 unspecified atom stereocenters. The van der Waals surface area contributed by atoms with E-state index >= 15 is 0 Å². The second kappa shape index (κ2) is 5.16. The molecule has 0 aliphatic carbocycles. The number of phenols is 1. The highest BCUT2D eigenvalue weighted by atomic mass is 19.1. The number of aromatic nitrogens is 1. The Morgan fingerprint density at radius 1 is 0.962 bits per heavy atom. The molecule has 0 aliphatic rings. The molecule has 0 spiro atoms. The summed E-state index contributed by atoms with van der Waals surface area (Å²) in [5, 5.41) is 10.7. The Morgan fingerprint density at radius 2 is 1.73 bits per heavy atom. The molecule has 0 aliphatic heterocycles. The molecular weight excluding hydrogens is 337 g/mol. The third-order valence-corrected chi connectivity index (χ3v) is 4.29. The molecule has 1 N–H and O–H groups in total. The fourth-order valence-corrected chi connectivity index (χ4v) is 3.08. The number of oxazole rings is 1. The van der Waals surface area contributed by atoms with Crippen molar-refractivity contribution in [1.29, 1.82) is 0 Å². The van der Waals surface area contributed by atoms with Gasteiger partial charge in [0.25, 0.3) is 0 Å². The average Bonchev–Trinajstić information content (AvgIpc) is 3.06. The van der Waals surface area contributed by atoms with Crippen molar-refractivity contribution < 1.29 is 18.3 Å². The van der Waals surface area contributed by atoms with Crippen molar-refractivity contribution in [3.8, 4) is 17.2 Å². The van der Waals surface area contributed by atoms with Crippen LogP contribution in [0.15, 0.2) is 68.2 Å². The van der Waals surface area contributed by atoms with Gasteiger partial charge in [-0.25, -0.2) is 9.37 Å². The van der Waals surface area contributed by atoms with Gasteiger partial charge in [0.1, 0.15) is 22.5 Å². The van der Waals surface area contributed by atoms with Crippen LogP contribution in [0.2, 0.25) is 0 Å². The Labute approximate surface area is 144 Å². The molecule has 0 saturated heterocycles. The van der Waals surface area contributed by atoms with Crippen molar-refractivity contribution in [2.45, 2.75) is 0 Å². The topological polar surface area (TPSA) is 76.5 Å². The van der Waals surface area contributed by atoms with Gasteiger partial charge in [-0.1, -0.05) is 24.3 Å². The summed E-state index contributed by atoms with van der Waals surface area (Å²) in [5.74, 6) is -0.719. The number of aromatic hydroxyl groups is 1. The fourth-order valence-electron chi connectivity index (χ4n) is 3.08. The number of hydrogen-bond acceptors (Lipinski definition) is 5. The molecule has 6 heteroatoms. The molecule has 0 saturated carbocycles. The maximum atomic E-state index is 14.0. The number of hydrogen-bond donors (Lipinski definition) is 1. The normalized spacial score (nSPS) is 11.6. The second-order valence-electron chi connectivity index (χ2n) is 5.87. The zero-order valence-electron chi connectivity index (χ0n) is 13.2. The van der Waals surface area contributed by atoms with Gasteiger partial charge in [0.2, 0.25) is 11.3 Å². The maximum absolute atomic E-state index is 14.0. The summed E-state index contributed by atoms with van der Waals surface area (Å²) < 4.78 is 25.5. The summed E-state index contributed by atoms with van der Waals surface area (Å²) in [5.41, 5.74) is 0.740. The van der Waals surface area contributed by atoms with Gasteiger partial charge in [0.05, 0.1) is 10.9 Å². The van der Waals surface area contributed by atoms with E-state index in [1.54, 1.807) is 36.4 Å². The summed E-state index contributed by atoms with van der Waals surface area (Å²) in [6.07, 6.45) is 0. The average molecular weight is 347 g/mol.